The fourth-order valence-electron chi connectivity index (χ4n) is 2.69. The van der Waals surface area contributed by atoms with Crippen molar-refractivity contribution in [3.63, 3.8) is 0 Å². The van der Waals surface area contributed by atoms with E-state index in [-0.39, 0.29) is 5.91 Å². The third-order valence-corrected chi connectivity index (χ3v) is 4.59. The van der Waals surface area contributed by atoms with Gasteiger partial charge in [-0.25, -0.2) is 0 Å². The quantitative estimate of drug-likeness (QED) is 0.768. The third kappa shape index (κ3) is 3.78. The minimum Gasteiger partial charge on any atom is -0.493 e. The Morgan fingerprint density at radius 1 is 1.24 bits per heavy atom. The number of hydrogen-bond acceptors (Lipinski definition) is 2. The molecule has 3 rings (SSSR count). The van der Waals surface area contributed by atoms with Gasteiger partial charge >= 0.3 is 0 Å². The topological polar surface area (TPSA) is 29.5 Å². The lowest BCUT2D eigenvalue weighted by Gasteiger charge is -2.22. The van der Waals surface area contributed by atoms with Gasteiger partial charge in [0.25, 0.3) is 0 Å². The zero-order valence-corrected chi connectivity index (χ0v) is 13.1. The number of amides is 1. The first kappa shape index (κ1) is 14.4. The van der Waals surface area contributed by atoms with E-state index in [2.05, 4.69) is 24.8 Å². The number of carbonyl (C=O) groups excluding carboxylic acids is 1. The minimum absolute atomic E-state index is 0.273. The van der Waals surface area contributed by atoms with Gasteiger partial charge < -0.3 is 9.64 Å². The molecule has 0 heterocycles. The molecule has 114 valence electrons. The van der Waals surface area contributed by atoms with E-state index in [1.165, 1.54) is 36.8 Å². The van der Waals surface area contributed by atoms with E-state index in [1.54, 1.807) is 0 Å². The molecule has 0 spiro atoms. The molecule has 2 aliphatic rings. The van der Waals surface area contributed by atoms with Crippen molar-refractivity contribution in [1.29, 1.82) is 0 Å². The largest absolute Gasteiger partial charge is 0.493 e. The van der Waals surface area contributed by atoms with Crippen molar-refractivity contribution in [2.45, 2.75) is 52.0 Å². The Balaban J connectivity index is 1.49. The molecule has 2 saturated carbocycles. The van der Waals surface area contributed by atoms with Crippen LogP contribution in [0.3, 0.4) is 0 Å². The van der Waals surface area contributed by atoms with E-state index >= 15 is 0 Å². The summed E-state index contributed by atoms with van der Waals surface area (Å²) in [6.45, 7) is 5.61. The summed E-state index contributed by atoms with van der Waals surface area (Å²) in [6, 6.07) is 6.59. The second-order valence-electron chi connectivity index (χ2n) is 6.52. The molecule has 1 aromatic rings. The van der Waals surface area contributed by atoms with Crippen LogP contribution in [0.2, 0.25) is 0 Å². The highest BCUT2D eigenvalue weighted by atomic mass is 16.5. The second-order valence-corrected chi connectivity index (χ2v) is 6.52. The van der Waals surface area contributed by atoms with E-state index in [4.69, 9.17) is 4.74 Å². The third-order valence-electron chi connectivity index (χ3n) is 4.59. The number of nitrogens with zero attached hydrogens (tertiary/aromatic N) is 1. The Bertz CT molecular complexity index is 518. The molecule has 0 bridgehead atoms. The van der Waals surface area contributed by atoms with Crippen molar-refractivity contribution in [2.24, 2.45) is 5.92 Å². The molecule has 21 heavy (non-hydrogen) atoms. The van der Waals surface area contributed by atoms with Gasteiger partial charge in [0.05, 0.1) is 13.0 Å². The smallest absolute Gasteiger partial charge is 0.226 e. The fourth-order valence-corrected chi connectivity index (χ4v) is 2.69. The van der Waals surface area contributed by atoms with Crippen LogP contribution in [-0.4, -0.2) is 30.0 Å². The van der Waals surface area contributed by atoms with Gasteiger partial charge in [-0.3, -0.25) is 4.79 Å². The van der Waals surface area contributed by atoms with Crippen molar-refractivity contribution < 1.29 is 9.53 Å². The first-order valence-electron chi connectivity index (χ1n) is 8.13. The Hall–Kier alpha value is -1.51. The molecule has 0 radical (unpaired) electrons. The molecular weight excluding hydrogens is 262 g/mol. The van der Waals surface area contributed by atoms with Gasteiger partial charge in [-0.15, -0.1) is 0 Å². The minimum atomic E-state index is 0.273. The summed E-state index contributed by atoms with van der Waals surface area (Å²) in [7, 11) is 0. The van der Waals surface area contributed by atoms with Crippen molar-refractivity contribution >= 4 is 5.91 Å². The fraction of sp³-hybridized carbons (Fsp3) is 0.611. The molecule has 0 aliphatic heterocycles. The number of hydrogen-bond donors (Lipinski definition) is 0. The Morgan fingerprint density at radius 3 is 2.67 bits per heavy atom. The maximum atomic E-state index is 12.4. The summed E-state index contributed by atoms with van der Waals surface area (Å²) < 4.78 is 5.81. The highest BCUT2D eigenvalue weighted by Crippen LogP contribution is 2.35. The van der Waals surface area contributed by atoms with Gasteiger partial charge in [0.2, 0.25) is 5.91 Å². The zero-order valence-electron chi connectivity index (χ0n) is 13.1. The summed E-state index contributed by atoms with van der Waals surface area (Å²) in [6.07, 6.45) is 5.48. The highest BCUT2D eigenvalue weighted by Gasteiger charge is 2.36. The zero-order chi connectivity index (χ0) is 14.8. The molecule has 3 nitrogen and oxygen atoms in total. The van der Waals surface area contributed by atoms with E-state index in [1.807, 2.05) is 12.1 Å². The first-order valence-corrected chi connectivity index (χ1v) is 8.13. The lowest BCUT2D eigenvalue weighted by Crippen LogP contribution is -2.35. The van der Waals surface area contributed by atoms with Crippen LogP contribution >= 0.6 is 0 Å². The predicted octanol–water partition coefficient (Wildman–Crippen LogP) is 3.47. The van der Waals surface area contributed by atoms with Gasteiger partial charge in [-0.2, -0.15) is 0 Å². The molecule has 0 unspecified atom stereocenters. The molecule has 3 heteroatoms. The van der Waals surface area contributed by atoms with E-state index in [9.17, 15) is 4.79 Å². The van der Waals surface area contributed by atoms with Crippen molar-refractivity contribution in [3.05, 3.63) is 29.3 Å². The predicted molar refractivity (Wildman–Crippen MR) is 83.5 cm³/mol. The van der Waals surface area contributed by atoms with Crippen LogP contribution in [-0.2, 0) is 4.79 Å². The Kier molecular flexibility index (Phi) is 4.18. The number of benzene rings is 1. The second kappa shape index (κ2) is 6.08. The lowest BCUT2D eigenvalue weighted by molar-refractivity contribution is -0.132. The normalized spacial score (nSPS) is 17.6. The maximum absolute atomic E-state index is 12.4. The Morgan fingerprint density at radius 2 is 2.00 bits per heavy atom. The summed E-state index contributed by atoms with van der Waals surface area (Å²) in [4.78, 5) is 14.5. The average molecular weight is 287 g/mol. The van der Waals surface area contributed by atoms with Crippen molar-refractivity contribution in [2.75, 3.05) is 13.2 Å². The SMILES string of the molecule is Cc1cccc(OCCC(=O)N(CC2CC2)C2CC2)c1C. The van der Waals surface area contributed by atoms with Crippen LogP contribution in [0, 0.1) is 19.8 Å². The van der Waals surface area contributed by atoms with Gasteiger partial charge in [0.15, 0.2) is 0 Å². The monoisotopic (exact) mass is 287 g/mol. The van der Waals surface area contributed by atoms with Gasteiger partial charge in [-0.1, -0.05) is 12.1 Å². The van der Waals surface area contributed by atoms with Gasteiger partial charge in [0, 0.05) is 12.6 Å². The number of carbonyl (C=O) groups is 1. The number of rotatable bonds is 7. The summed E-state index contributed by atoms with van der Waals surface area (Å²) >= 11 is 0. The standard InChI is InChI=1S/C18H25NO2/c1-13-4-3-5-17(14(13)2)21-11-10-18(20)19(16-8-9-16)12-15-6-7-15/h3-5,15-16H,6-12H2,1-2H3. The molecule has 0 saturated heterocycles. The molecule has 0 N–H and O–H groups in total. The number of aryl methyl sites for hydroxylation is 1. The van der Waals surface area contributed by atoms with Crippen LogP contribution in [0.5, 0.6) is 5.75 Å². The van der Waals surface area contributed by atoms with Crippen LogP contribution in [0.15, 0.2) is 18.2 Å². The van der Waals surface area contributed by atoms with Crippen LogP contribution in [0.4, 0.5) is 0 Å². The Labute approximate surface area is 127 Å². The molecule has 0 aromatic heterocycles. The average Bonchev–Trinajstić information content (AvgIpc) is 3.34. The summed E-state index contributed by atoms with van der Waals surface area (Å²) in [5.41, 5.74) is 2.40. The lowest BCUT2D eigenvalue weighted by atomic mass is 10.1. The van der Waals surface area contributed by atoms with Gasteiger partial charge in [-0.05, 0) is 62.6 Å². The summed E-state index contributed by atoms with van der Waals surface area (Å²) in [5, 5.41) is 0. The van der Waals surface area contributed by atoms with Gasteiger partial charge in [0.1, 0.15) is 5.75 Å². The van der Waals surface area contributed by atoms with E-state index < -0.39 is 0 Å². The maximum Gasteiger partial charge on any atom is 0.226 e. The molecule has 0 atom stereocenters. The van der Waals surface area contributed by atoms with Crippen LogP contribution < -0.4 is 4.74 Å². The van der Waals surface area contributed by atoms with E-state index in [0.717, 1.165) is 18.2 Å². The molecule has 1 amide bonds. The number of ether oxygens (including phenoxy) is 1. The molecule has 1 aromatic carbocycles. The molecule has 2 aliphatic carbocycles. The van der Waals surface area contributed by atoms with Crippen molar-refractivity contribution in [3.8, 4) is 5.75 Å². The molecular formula is C18H25NO2. The first-order chi connectivity index (χ1) is 10.1. The van der Waals surface area contributed by atoms with E-state index in [0.29, 0.717) is 19.1 Å². The summed E-state index contributed by atoms with van der Waals surface area (Å²) in [5.74, 6) is 1.95. The van der Waals surface area contributed by atoms with Crippen LogP contribution in [0.25, 0.3) is 0 Å². The molecule has 2 fully saturated rings. The van der Waals surface area contributed by atoms with Crippen molar-refractivity contribution in [1.82, 2.24) is 4.90 Å². The van der Waals surface area contributed by atoms with Crippen LogP contribution in [0.1, 0.15) is 43.2 Å². The highest BCUT2D eigenvalue weighted by molar-refractivity contribution is 5.77.